The predicted molar refractivity (Wildman–Crippen MR) is 111 cm³/mol. The van der Waals surface area contributed by atoms with Gasteiger partial charge in [0, 0.05) is 43.7 Å². The zero-order valence-electron chi connectivity index (χ0n) is 14.8. The Hall–Kier alpha value is -1.02. The molecule has 3 unspecified atom stereocenters. The Morgan fingerprint density at radius 3 is 2.70 bits per heavy atom. The molecule has 1 fully saturated rings. The van der Waals surface area contributed by atoms with Crippen LogP contribution in [0, 0.1) is 5.92 Å². The van der Waals surface area contributed by atoms with Crippen LogP contribution in [0.1, 0.15) is 31.4 Å². The van der Waals surface area contributed by atoms with Gasteiger partial charge >= 0.3 is 0 Å². The highest BCUT2D eigenvalue weighted by Crippen LogP contribution is 2.35. The quantitative estimate of drug-likeness (QED) is 0.420. The van der Waals surface area contributed by atoms with Crippen LogP contribution in [-0.4, -0.2) is 43.5 Å². The normalized spacial score (nSPS) is 22.6. The lowest BCUT2D eigenvalue weighted by atomic mass is 9.83. The van der Waals surface area contributed by atoms with Gasteiger partial charge in [0.2, 0.25) is 9.70 Å². The molecule has 10 heteroatoms. The van der Waals surface area contributed by atoms with E-state index in [0.29, 0.717) is 30.7 Å². The van der Waals surface area contributed by atoms with Crippen molar-refractivity contribution in [3.8, 4) is 0 Å². The third-order valence-corrected chi connectivity index (χ3v) is 6.02. The predicted octanol–water partition coefficient (Wildman–Crippen LogP) is 2.36. The topological polar surface area (TPSA) is 66.4 Å². The summed E-state index contributed by atoms with van der Waals surface area (Å²) >= 11 is 23.5. The number of likely N-dealkylation sites (tertiary alicyclic amines) is 1. The second kappa shape index (κ2) is 8.15. The van der Waals surface area contributed by atoms with Gasteiger partial charge in [-0.15, -0.1) is 0 Å². The summed E-state index contributed by atoms with van der Waals surface area (Å²) in [6, 6.07) is 5.38. The summed E-state index contributed by atoms with van der Waals surface area (Å²) in [5.41, 5.74) is 1.07. The average molecular weight is 452 g/mol. The van der Waals surface area contributed by atoms with Gasteiger partial charge in [0.1, 0.15) is 6.17 Å². The van der Waals surface area contributed by atoms with Crippen LogP contribution in [-0.2, 0) is 11.3 Å². The first-order valence-electron chi connectivity index (χ1n) is 8.80. The van der Waals surface area contributed by atoms with Gasteiger partial charge in [-0.1, -0.05) is 47.8 Å². The number of thiocarbonyl (C=S) groups is 1. The molecule has 0 aromatic carbocycles. The van der Waals surface area contributed by atoms with Crippen molar-refractivity contribution in [3.05, 3.63) is 34.2 Å². The highest BCUT2D eigenvalue weighted by molar-refractivity contribution is 7.80. The highest BCUT2D eigenvalue weighted by atomic mass is 35.6. The fraction of sp³-hybridized carbons (Fsp3) is 0.588. The Bertz CT molecular complexity index is 795. The molecule has 3 heterocycles. The Morgan fingerprint density at radius 2 is 2.04 bits per heavy atom. The summed E-state index contributed by atoms with van der Waals surface area (Å²) in [6.45, 7) is 3.76. The maximum Gasteiger partial charge on any atom is 0.250 e. The Kier molecular flexibility index (Phi) is 6.25. The van der Waals surface area contributed by atoms with Crippen molar-refractivity contribution in [1.29, 1.82) is 0 Å². The maximum absolute atomic E-state index is 12.1. The minimum absolute atomic E-state index is 0.0369. The van der Waals surface area contributed by atoms with E-state index < -0.39 is 9.96 Å². The van der Waals surface area contributed by atoms with Crippen molar-refractivity contribution in [3.63, 3.8) is 0 Å². The molecule has 1 saturated heterocycles. The number of hydrogen-bond donors (Lipinski definition) is 2. The summed E-state index contributed by atoms with van der Waals surface area (Å²) in [5, 5.41) is 6.04. The molecule has 2 bridgehead atoms. The lowest BCUT2D eigenvalue weighted by Gasteiger charge is -2.44. The molecule has 27 heavy (non-hydrogen) atoms. The summed E-state index contributed by atoms with van der Waals surface area (Å²) in [4.78, 5) is 25.9. The molecule has 2 aliphatic heterocycles. The van der Waals surface area contributed by atoms with Crippen molar-refractivity contribution in [2.24, 2.45) is 5.92 Å². The summed E-state index contributed by atoms with van der Waals surface area (Å²) < 4.78 is 0.110. The number of halogens is 3. The van der Waals surface area contributed by atoms with Crippen LogP contribution in [0.3, 0.4) is 0 Å². The third-order valence-electron chi connectivity index (χ3n) is 4.99. The first-order chi connectivity index (χ1) is 12.7. The summed E-state index contributed by atoms with van der Waals surface area (Å²) in [7, 11) is 0. The van der Waals surface area contributed by atoms with Crippen LogP contribution >= 0.6 is 47.0 Å². The maximum atomic E-state index is 12.1. The first kappa shape index (κ1) is 20.7. The van der Waals surface area contributed by atoms with Crippen molar-refractivity contribution in [2.45, 2.75) is 42.2 Å². The number of nitrogens with one attached hydrogen (secondary N) is 2. The number of hydrogen-bond acceptors (Lipinski definition) is 3. The van der Waals surface area contributed by atoms with E-state index in [4.69, 9.17) is 47.0 Å². The molecule has 1 amide bonds. The van der Waals surface area contributed by atoms with E-state index in [0.717, 1.165) is 12.1 Å². The first-order valence-corrected chi connectivity index (χ1v) is 10.3. The minimum Gasteiger partial charge on any atom is -0.348 e. The number of nitrogens with zero attached hydrogens (tertiary/aromatic N) is 2. The van der Waals surface area contributed by atoms with Gasteiger partial charge < -0.3 is 20.1 Å². The number of pyridine rings is 1. The zero-order chi connectivity index (χ0) is 19.8. The van der Waals surface area contributed by atoms with Crippen molar-refractivity contribution >= 4 is 58.0 Å². The Morgan fingerprint density at radius 1 is 1.30 bits per heavy atom. The smallest absolute Gasteiger partial charge is 0.250 e. The van der Waals surface area contributed by atoms with Crippen LogP contribution in [0.4, 0.5) is 0 Å². The van der Waals surface area contributed by atoms with Gasteiger partial charge in [-0.05, 0) is 30.6 Å². The third kappa shape index (κ3) is 4.70. The van der Waals surface area contributed by atoms with Crippen molar-refractivity contribution in [2.75, 3.05) is 13.1 Å². The fourth-order valence-corrected chi connectivity index (χ4v) is 4.33. The lowest BCUT2D eigenvalue weighted by molar-refractivity contribution is -0.121. The number of fused-ring (bicyclic) bond motifs is 4. The molecular formula is C17H21Cl3N4O2S. The van der Waals surface area contributed by atoms with Crippen molar-refractivity contribution in [1.82, 2.24) is 20.1 Å². The summed E-state index contributed by atoms with van der Waals surface area (Å²) in [6.07, 6.45) is 0.354. The zero-order valence-corrected chi connectivity index (χ0v) is 17.8. The van der Waals surface area contributed by atoms with E-state index in [-0.39, 0.29) is 23.8 Å². The van der Waals surface area contributed by atoms with E-state index in [1.165, 1.54) is 0 Å². The standard InChI is InChI=1S/C17H21Cl3N4O2S/c1-2-13(25)21-15(17(18,19)20)22-16(27)23-7-10-6-11(9-23)12-4-3-5-14(26)24(12)8-10/h3-5,10-11,15H,2,6-9H2,1H3,(H,21,25)(H,22,27). The van der Waals surface area contributed by atoms with E-state index >= 15 is 0 Å². The Labute approximate surface area is 178 Å². The number of aromatic nitrogens is 1. The van der Waals surface area contributed by atoms with Gasteiger partial charge in [0.25, 0.3) is 5.56 Å². The number of amides is 1. The Balaban J connectivity index is 1.73. The minimum atomic E-state index is -1.75. The largest absolute Gasteiger partial charge is 0.348 e. The van der Waals surface area contributed by atoms with Gasteiger partial charge in [0.15, 0.2) is 5.11 Å². The van der Waals surface area contributed by atoms with Gasteiger partial charge in [-0.3, -0.25) is 9.59 Å². The number of carbonyl (C=O) groups is 1. The van der Waals surface area contributed by atoms with Crippen molar-refractivity contribution < 1.29 is 4.79 Å². The number of carbonyl (C=O) groups excluding carboxylic acids is 1. The van der Waals surface area contributed by atoms with Crippen LogP contribution in [0.15, 0.2) is 23.0 Å². The monoisotopic (exact) mass is 450 g/mol. The van der Waals surface area contributed by atoms with Gasteiger partial charge in [-0.25, -0.2) is 0 Å². The SMILES string of the molecule is CCC(=O)NC(NC(=S)N1CC2CC(C1)c1cccc(=O)n1C2)C(Cl)(Cl)Cl. The molecule has 2 N–H and O–H groups in total. The highest BCUT2D eigenvalue weighted by Gasteiger charge is 2.38. The second-order valence-electron chi connectivity index (χ2n) is 6.95. The molecular weight excluding hydrogens is 431 g/mol. The number of alkyl halides is 3. The van der Waals surface area contributed by atoms with Crippen LogP contribution in [0.5, 0.6) is 0 Å². The molecule has 0 saturated carbocycles. The van der Waals surface area contributed by atoms with Crippen LogP contribution < -0.4 is 16.2 Å². The number of rotatable bonds is 3. The van der Waals surface area contributed by atoms with Crippen LogP contribution in [0.25, 0.3) is 0 Å². The molecule has 6 nitrogen and oxygen atoms in total. The molecule has 0 radical (unpaired) electrons. The molecule has 148 valence electrons. The van der Waals surface area contributed by atoms with Crippen LogP contribution in [0.2, 0.25) is 0 Å². The summed E-state index contributed by atoms with van der Waals surface area (Å²) in [5.74, 6) is 0.278. The molecule has 2 aliphatic rings. The lowest BCUT2D eigenvalue weighted by Crippen LogP contribution is -2.60. The molecule has 3 rings (SSSR count). The van der Waals surface area contributed by atoms with E-state index in [9.17, 15) is 9.59 Å². The molecule has 0 spiro atoms. The average Bonchev–Trinajstić information content (AvgIpc) is 2.61. The fourth-order valence-electron chi connectivity index (χ4n) is 3.74. The molecule has 3 atom stereocenters. The number of piperidine rings is 1. The van der Waals surface area contributed by atoms with Gasteiger partial charge in [-0.2, -0.15) is 0 Å². The van der Waals surface area contributed by atoms with E-state index in [1.807, 2.05) is 15.5 Å². The molecule has 0 aliphatic carbocycles. The van der Waals surface area contributed by atoms with E-state index in [1.54, 1.807) is 19.1 Å². The second-order valence-corrected chi connectivity index (χ2v) is 9.70. The molecule has 1 aromatic rings. The molecule has 1 aromatic heterocycles. The van der Waals surface area contributed by atoms with E-state index in [2.05, 4.69) is 10.6 Å². The van der Waals surface area contributed by atoms with Gasteiger partial charge in [0.05, 0.1) is 0 Å².